The summed E-state index contributed by atoms with van der Waals surface area (Å²) in [6.07, 6.45) is 11.4. The molecule has 0 amide bonds. The summed E-state index contributed by atoms with van der Waals surface area (Å²) < 4.78 is 5.37. The quantitative estimate of drug-likeness (QED) is 0.360. The number of rotatable bonds is 11. The van der Waals surface area contributed by atoms with Crippen molar-refractivity contribution in [3.8, 4) is 5.75 Å². The lowest BCUT2D eigenvalue weighted by atomic mass is 10.0. The zero-order valence-electron chi connectivity index (χ0n) is 13.0. The zero-order chi connectivity index (χ0) is 14.6. The first-order chi connectivity index (χ1) is 9.77. The van der Waals surface area contributed by atoms with Crippen molar-refractivity contribution in [3.63, 3.8) is 0 Å². The van der Waals surface area contributed by atoms with Gasteiger partial charge in [-0.15, -0.1) is 11.6 Å². The van der Waals surface area contributed by atoms with E-state index in [9.17, 15) is 0 Å². The lowest BCUT2D eigenvalue weighted by molar-refractivity contribution is 0.409. The highest BCUT2D eigenvalue weighted by molar-refractivity contribution is 6.20. The molecule has 0 fully saturated rings. The van der Waals surface area contributed by atoms with Crippen LogP contribution in [0.1, 0.15) is 63.9 Å². The molecule has 1 nitrogen and oxygen atoms in total. The minimum absolute atomic E-state index is 0.224. The van der Waals surface area contributed by atoms with Crippen molar-refractivity contribution >= 4 is 11.6 Å². The first kappa shape index (κ1) is 17.4. The molecule has 20 heavy (non-hydrogen) atoms. The van der Waals surface area contributed by atoms with E-state index in [-0.39, 0.29) is 5.38 Å². The summed E-state index contributed by atoms with van der Waals surface area (Å²) in [5.41, 5.74) is 1.22. The fourth-order valence-corrected chi connectivity index (χ4v) is 2.86. The average Bonchev–Trinajstić information content (AvgIpc) is 2.47. The summed E-state index contributed by atoms with van der Waals surface area (Å²) in [6, 6.07) is 8.17. The van der Waals surface area contributed by atoms with E-state index in [0.717, 1.165) is 18.6 Å². The van der Waals surface area contributed by atoms with E-state index in [2.05, 4.69) is 19.1 Å². The normalized spacial score (nSPS) is 12.3. The third kappa shape index (κ3) is 7.19. The predicted octanol–water partition coefficient (Wildman–Crippen LogP) is 5.99. The second-order valence-electron chi connectivity index (χ2n) is 5.52. The Labute approximate surface area is 129 Å². The molecular weight excluding hydrogens is 268 g/mol. The van der Waals surface area contributed by atoms with E-state index < -0.39 is 0 Å². The van der Waals surface area contributed by atoms with E-state index in [1.807, 2.05) is 12.1 Å². The molecule has 1 rings (SSSR count). The first-order valence-corrected chi connectivity index (χ1v) is 8.47. The Bertz CT molecular complexity index is 351. The Balaban J connectivity index is 2.15. The van der Waals surface area contributed by atoms with Gasteiger partial charge in [-0.05, 0) is 24.5 Å². The van der Waals surface area contributed by atoms with E-state index >= 15 is 0 Å². The fraction of sp³-hybridized carbons (Fsp3) is 0.667. The smallest absolute Gasteiger partial charge is 0.122 e. The minimum Gasteiger partial charge on any atom is -0.496 e. The maximum Gasteiger partial charge on any atom is 0.122 e. The van der Waals surface area contributed by atoms with Crippen molar-refractivity contribution in [1.29, 1.82) is 0 Å². The summed E-state index contributed by atoms with van der Waals surface area (Å²) in [7, 11) is 1.72. The van der Waals surface area contributed by atoms with Gasteiger partial charge in [0.15, 0.2) is 0 Å². The van der Waals surface area contributed by atoms with E-state index in [4.69, 9.17) is 16.3 Å². The van der Waals surface area contributed by atoms with Gasteiger partial charge in [-0.2, -0.15) is 0 Å². The number of alkyl halides is 1. The van der Waals surface area contributed by atoms with E-state index in [0.29, 0.717) is 0 Å². The molecule has 0 radical (unpaired) electrons. The lowest BCUT2D eigenvalue weighted by Crippen LogP contribution is -2.04. The molecule has 0 heterocycles. The largest absolute Gasteiger partial charge is 0.496 e. The van der Waals surface area contributed by atoms with Crippen molar-refractivity contribution in [2.45, 2.75) is 70.1 Å². The van der Waals surface area contributed by atoms with Crippen LogP contribution in [-0.4, -0.2) is 12.5 Å². The SMILES string of the molecule is CCCCCCCCCC(Cl)Cc1ccccc1OC. The van der Waals surface area contributed by atoms with Gasteiger partial charge in [0, 0.05) is 5.38 Å². The van der Waals surface area contributed by atoms with Crippen LogP contribution in [0.5, 0.6) is 5.75 Å². The van der Waals surface area contributed by atoms with Crippen LogP contribution in [0.4, 0.5) is 0 Å². The molecule has 0 aliphatic heterocycles. The summed E-state index contributed by atoms with van der Waals surface area (Å²) in [5, 5.41) is 0.224. The van der Waals surface area contributed by atoms with Crippen LogP contribution < -0.4 is 4.74 Å². The Morgan fingerprint density at radius 3 is 2.35 bits per heavy atom. The maximum atomic E-state index is 6.45. The molecule has 0 aliphatic carbocycles. The van der Waals surface area contributed by atoms with Gasteiger partial charge in [-0.3, -0.25) is 0 Å². The molecule has 1 aromatic rings. The number of ether oxygens (including phenoxy) is 1. The predicted molar refractivity (Wildman–Crippen MR) is 88.9 cm³/mol. The van der Waals surface area contributed by atoms with Gasteiger partial charge in [0.2, 0.25) is 0 Å². The van der Waals surface area contributed by atoms with Crippen molar-refractivity contribution in [1.82, 2.24) is 0 Å². The number of methoxy groups -OCH3 is 1. The molecule has 0 aliphatic rings. The highest BCUT2D eigenvalue weighted by Gasteiger charge is 2.09. The second kappa shape index (κ2) is 11.0. The van der Waals surface area contributed by atoms with Gasteiger partial charge in [0.1, 0.15) is 5.75 Å². The summed E-state index contributed by atoms with van der Waals surface area (Å²) >= 11 is 6.45. The van der Waals surface area contributed by atoms with E-state index in [1.165, 1.54) is 50.5 Å². The topological polar surface area (TPSA) is 9.23 Å². The van der Waals surface area contributed by atoms with Crippen LogP contribution >= 0.6 is 11.6 Å². The van der Waals surface area contributed by atoms with E-state index in [1.54, 1.807) is 7.11 Å². The Morgan fingerprint density at radius 1 is 1.00 bits per heavy atom. The first-order valence-electron chi connectivity index (χ1n) is 8.04. The molecule has 0 bridgehead atoms. The number of hydrogen-bond acceptors (Lipinski definition) is 1. The van der Waals surface area contributed by atoms with Gasteiger partial charge in [-0.25, -0.2) is 0 Å². The molecule has 1 atom stereocenters. The lowest BCUT2D eigenvalue weighted by Gasteiger charge is -2.12. The van der Waals surface area contributed by atoms with Crippen LogP contribution in [0.3, 0.4) is 0 Å². The fourth-order valence-electron chi connectivity index (χ4n) is 2.54. The standard InChI is InChI=1S/C18H29ClO/c1-3-4-5-6-7-8-9-13-17(19)15-16-12-10-11-14-18(16)20-2/h10-12,14,17H,3-9,13,15H2,1-2H3. The average molecular weight is 297 g/mol. The van der Waals surface area contributed by atoms with Crippen LogP contribution in [0.25, 0.3) is 0 Å². The van der Waals surface area contributed by atoms with Gasteiger partial charge < -0.3 is 4.74 Å². The summed E-state index contributed by atoms with van der Waals surface area (Å²) in [5.74, 6) is 0.956. The molecule has 114 valence electrons. The highest BCUT2D eigenvalue weighted by atomic mass is 35.5. The molecule has 0 saturated carbocycles. The molecular formula is C18H29ClO. The summed E-state index contributed by atoms with van der Waals surface area (Å²) in [4.78, 5) is 0. The molecule has 0 aromatic heterocycles. The zero-order valence-corrected chi connectivity index (χ0v) is 13.8. The molecule has 1 aromatic carbocycles. The molecule has 2 heteroatoms. The number of halogens is 1. The Kier molecular flexibility index (Phi) is 9.57. The van der Waals surface area contributed by atoms with Crippen molar-refractivity contribution in [2.24, 2.45) is 0 Å². The molecule has 0 N–H and O–H groups in total. The Morgan fingerprint density at radius 2 is 1.65 bits per heavy atom. The van der Waals surface area contributed by atoms with Crippen molar-refractivity contribution in [3.05, 3.63) is 29.8 Å². The molecule has 1 unspecified atom stereocenters. The second-order valence-corrected chi connectivity index (χ2v) is 6.14. The van der Waals surface area contributed by atoms with Crippen LogP contribution in [0.15, 0.2) is 24.3 Å². The number of hydrogen-bond donors (Lipinski definition) is 0. The Hall–Kier alpha value is -0.690. The van der Waals surface area contributed by atoms with Crippen LogP contribution in [-0.2, 0) is 6.42 Å². The monoisotopic (exact) mass is 296 g/mol. The van der Waals surface area contributed by atoms with Crippen LogP contribution in [0, 0.1) is 0 Å². The van der Waals surface area contributed by atoms with Gasteiger partial charge in [0.25, 0.3) is 0 Å². The van der Waals surface area contributed by atoms with Gasteiger partial charge >= 0.3 is 0 Å². The maximum absolute atomic E-state index is 6.45. The molecule has 0 saturated heterocycles. The van der Waals surface area contributed by atoms with Gasteiger partial charge in [0.05, 0.1) is 7.11 Å². The van der Waals surface area contributed by atoms with Crippen molar-refractivity contribution in [2.75, 3.05) is 7.11 Å². The van der Waals surface area contributed by atoms with Crippen molar-refractivity contribution < 1.29 is 4.74 Å². The highest BCUT2D eigenvalue weighted by Crippen LogP contribution is 2.23. The summed E-state index contributed by atoms with van der Waals surface area (Å²) in [6.45, 7) is 2.26. The third-order valence-corrected chi connectivity index (χ3v) is 4.13. The van der Waals surface area contributed by atoms with Gasteiger partial charge in [-0.1, -0.05) is 70.1 Å². The third-order valence-electron chi connectivity index (χ3n) is 3.75. The number of unbranched alkanes of at least 4 members (excludes halogenated alkanes) is 6. The van der Waals surface area contributed by atoms with Crippen LogP contribution in [0.2, 0.25) is 0 Å². The number of para-hydroxylation sites is 1. The minimum atomic E-state index is 0.224. The molecule has 0 spiro atoms. The number of benzene rings is 1.